The Morgan fingerprint density at radius 2 is 2.19 bits per heavy atom. The average molecular weight is 312 g/mol. The fourth-order valence-corrected chi connectivity index (χ4v) is 3.75. The molecule has 2 rings (SSSR count). The molecule has 0 saturated heterocycles. The zero-order valence-corrected chi connectivity index (χ0v) is 13.2. The molecule has 1 aromatic carbocycles. The Balaban J connectivity index is 2.02. The van der Waals surface area contributed by atoms with Crippen LogP contribution < -0.4 is 16.0 Å². The van der Waals surface area contributed by atoms with Gasteiger partial charge in [-0.3, -0.25) is 11.3 Å². The number of para-hydroxylation sites is 1. The van der Waals surface area contributed by atoms with Gasteiger partial charge < -0.3 is 4.74 Å². The highest BCUT2D eigenvalue weighted by molar-refractivity contribution is 7.91. The summed E-state index contributed by atoms with van der Waals surface area (Å²) in [6, 6.07) is 8.06. The van der Waals surface area contributed by atoms with Crippen LogP contribution in [0.25, 0.3) is 0 Å². The topological polar surface area (TPSA) is 81.4 Å². The summed E-state index contributed by atoms with van der Waals surface area (Å²) in [6.45, 7) is 2.36. The third-order valence-corrected chi connectivity index (χ3v) is 5.91. The van der Waals surface area contributed by atoms with Crippen LogP contribution in [0.3, 0.4) is 0 Å². The van der Waals surface area contributed by atoms with Crippen LogP contribution in [-0.2, 0) is 9.84 Å². The largest absolute Gasteiger partial charge is 0.493 e. The van der Waals surface area contributed by atoms with Crippen molar-refractivity contribution in [2.75, 3.05) is 18.1 Å². The van der Waals surface area contributed by atoms with E-state index in [9.17, 15) is 8.42 Å². The Kier molecular flexibility index (Phi) is 5.61. The molecule has 0 bridgehead atoms. The van der Waals surface area contributed by atoms with E-state index in [1.165, 1.54) is 0 Å². The summed E-state index contributed by atoms with van der Waals surface area (Å²) in [6.07, 6.45) is 2.27. The van der Waals surface area contributed by atoms with Crippen molar-refractivity contribution in [3.05, 3.63) is 29.8 Å². The Bertz CT molecular complexity index is 560. The van der Waals surface area contributed by atoms with Crippen molar-refractivity contribution in [3.63, 3.8) is 0 Å². The second kappa shape index (κ2) is 7.24. The van der Waals surface area contributed by atoms with Crippen LogP contribution >= 0.6 is 0 Å². The van der Waals surface area contributed by atoms with E-state index in [0.717, 1.165) is 24.2 Å². The number of nitrogens with two attached hydrogens (primary N) is 1. The van der Waals surface area contributed by atoms with E-state index >= 15 is 0 Å². The van der Waals surface area contributed by atoms with Crippen molar-refractivity contribution in [1.29, 1.82) is 0 Å². The monoisotopic (exact) mass is 312 g/mol. The molecule has 0 radical (unpaired) electrons. The molecule has 118 valence electrons. The van der Waals surface area contributed by atoms with E-state index in [0.29, 0.717) is 13.0 Å². The smallest absolute Gasteiger partial charge is 0.150 e. The normalized spacial score (nSPS) is 19.6. The molecular weight excluding hydrogens is 288 g/mol. The van der Waals surface area contributed by atoms with Gasteiger partial charge in [0.25, 0.3) is 0 Å². The van der Waals surface area contributed by atoms with Crippen molar-refractivity contribution < 1.29 is 13.2 Å². The van der Waals surface area contributed by atoms with E-state index in [1.54, 1.807) is 6.92 Å². The molecule has 1 aliphatic rings. The third kappa shape index (κ3) is 4.18. The van der Waals surface area contributed by atoms with Crippen LogP contribution in [-0.4, -0.2) is 32.6 Å². The van der Waals surface area contributed by atoms with Gasteiger partial charge in [-0.15, -0.1) is 0 Å². The standard InChI is InChI=1S/C15H24N2O3S/c1-2-21(18,19)11-5-7-14(17-16)12-9-10-20-15-8-4-3-6-13(12)15/h3-4,6,8,12,14,17H,2,5,7,9-11,16H2,1H3. The summed E-state index contributed by atoms with van der Waals surface area (Å²) in [5.41, 5.74) is 4.02. The minimum absolute atomic E-state index is 0.0714. The van der Waals surface area contributed by atoms with E-state index < -0.39 is 9.84 Å². The summed E-state index contributed by atoms with van der Waals surface area (Å²) in [5.74, 6) is 7.31. The maximum Gasteiger partial charge on any atom is 0.150 e. The van der Waals surface area contributed by atoms with Gasteiger partial charge in [-0.2, -0.15) is 0 Å². The fourth-order valence-electron chi connectivity index (χ4n) is 2.86. The number of fused-ring (bicyclic) bond motifs is 1. The first-order valence-electron chi connectivity index (χ1n) is 7.45. The molecule has 0 aliphatic carbocycles. The second-order valence-corrected chi connectivity index (χ2v) is 7.91. The summed E-state index contributed by atoms with van der Waals surface area (Å²) < 4.78 is 28.8. The number of rotatable bonds is 7. The van der Waals surface area contributed by atoms with Crippen molar-refractivity contribution in [2.24, 2.45) is 5.84 Å². The maximum absolute atomic E-state index is 11.6. The molecule has 1 aromatic rings. The van der Waals surface area contributed by atoms with Crippen LogP contribution in [0.4, 0.5) is 0 Å². The zero-order chi connectivity index (χ0) is 15.3. The molecule has 5 nitrogen and oxygen atoms in total. The van der Waals surface area contributed by atoms with Gasteiger partial charge >= 0.3 is 0 Å². The molecule has 0 saturated carbocycles. The van der Waals surface area contributed by atoms with Crippen LogP contribution in [0.1, 0.15) is 37.7 Å². The van der Waals surface area contributed by atoms with Crippen molar-refractivity contribution in [1.82, 2.24) is 5.43 Å². The highest BCUT2D eigenvalue weighted by Crippen LogP contribution is 2.36. The molecule has 0 spiro atoms. The Hall–Kier alpha value is -1.11. The lowest BCUT2D eigenvalue weighted by Gasteiger charge is -2.32. The average Bonchev–Trinajstić information content (AvgIpc) is 2.51. The van der Waals surface area contributed by atoms with Gasteiger partial charge in [0.2, 0.25) is 0 Å². The van der Waals surface area contributed by atoms with Gasteiger partial charge in [0.05, 0.1) is 12.4 Å². The number of ether oxygens (including phenoxy) is 1. The van der Waals surface area contributed by atoms with Gasteiger partial charge in [0, 0.05) is 17.7 Å². The van der Waals surface area contributed by atoms with Crippen LogP contribution in [0.2, 0.25) is 0 Å². The van der Waals surface area contributed by atoms with E-state index in [4.69, 9.17) is 10.6 Å². The minimum atomic E-state index is -2.91. The number of hydrogen-bond donors (Lipinski definition) is 2. The predicted octanol–water partition coefficient (Wildman–Crippen LogP) is 1.60. The van der Waals surface area contributed by atoms with Gasteiger partial charge in [-0.1, -0.05) is 25.1 Å². The first kappa shape index (κ1) is 16.3. The van der Waals surface area contributed by atoms with Crippen molar-refractivity contribution in [2.45, 2.75) is 38.1 Å². The first-order chi connectivity index (χ1) is 10.1. The van der Waals surface area contributed by atoms with Crippen molar-refractivity contribution in [3.8, 4) is 5.75 Å². The highest BCUT2D eigenvalue weighted by Gasteiger charge is 2.28. The number of hydrazine groups is 1. The number of benzene rings is 1. The molecule has 2 atom stereocenters. The molecular formula is C15H24N2O3S. The molecule has 1 heterocycles. The zero-order valence-electron chi connectivity index (χ0n) is 12.4. The quantitative estimate of drug-likeness (QED) is 0.590. The molecule has 3 N–H and O–H groups in total. The number of nitrogens with one attached hydrogen (secondary N) is 1. The Morgan fingerprint density at radius 3 is 2.90 bits per heavy atom. The molecule has 21 heavy (non-hydrogen) atoms. The number of hydrogen-bond acceptors (Lipinski definition) is 5. The lowest BCUT2D eigenvalue weighted by Crippen LogP contribution is -2.41. The molecule has 2 unspecified atom stereocenters. The maximum atomic E-state index is 11.6. The van der Waals surface area contributed by atoms with E-state index in [-0.39, 0.29) is 23.5 Å². The minimum Gasteiger partial charge on any atom is -0.493 e. The molecule has 0 fully saturated rings. The van der Waals surface area contributed by atoms with E-state index in [1.807, 2.05) is 18.2 Å². The SMILES string of the molecule is CCS(=O)(=O)CCCC(NN)C1CCOc2ccccc21. The van der Waals surface area contributed by atoms with Gasteiger partial charge in [-0.05, 0) is 30.9 Å². The summed E-state index contributed by atoms with van der Waals surface area (Å²) in [5, 5.41) is 0. The molecule has 6 heteroatoms. The van der Waals surface area contributed by atoms with Crippen molar-refractivity contribution >= 4 is 9.84 Å². The molecule has 1 aliphatic heterocycles. The Labute approximate surface area is 126 Å². The summed E-state index contributed by atoms with van der Waals surface area (Å²) >= 11 is 0. The molecule has 0 amide bonds. The lowest BCUT2D eigenvalue weighted by atomic mass is 9.85. The van der Waals surface area contributed by atoms with Crippen LogP contribution in [0.5, 0.6) is 5.75 Å². The second-order valence-electron chi connectivity index (χ2n) is 5.43. The third-order valence-electron chi connectivity index (χ3n) is 4.11. The summed E-state index contributed by atoms with van der Waals surface area (Å²) in [4.78, 5) is 0. The first-order valence-corrected chi connectivity index (χ1v) is 9.28. The van der Waals surface area contributed by atoms with Gasteiger partial charge in [-0.25, -0.2) is 8.42 Å². The molecule has 0 aromatic heterocycles. The Morgan fingerprint density at radius 1 is 1.43 bits per heavy atom. The van der Waals surface area contributed by atoms with Gasteiger partial charge in [0.15, 0.2) is 0 Å². The fraction of sp³-hybridized carbons (Fsp3) is 0.600. The summed E-state index contributed by atoms with van der Waals surface area (Å²) in [7, 11) is -2.91. The number of sulfone groups is 1. The van der Waals surface area contributed by atoms with Gasteiger partial charge in [0.1, 0.15) is 15.6 Å². The highest BCUT2D eigenvalue weighted by atomic mass is 32.2. The van der Waals surface area contributed by atoms with Crippen LogP contribution in [0.15, 0.2) is 24.3 Å². The van der Waals surface area contributed by atoms with Crippen LogP contribution in [0, 0.1) is 0 Å². The lowest BCUT2D eigenvalue weighted by molar-refractivity contribution is 0.241. The van der Waals surface area contributed by atoms with E-state index in [2.05, 4.69) is 11.5 Å². The predicted molar refractivity (Wildman–Crippen MR) is 84.0 cm³/mol.